The Bertz CT molecular complexity index is 361. The monoisotopic (exact) mass is 200 g/mol. The van der Waals surface area contributed by atoms with Crippen LogP contribution in [0.5, 0.6) is 0 Å². The zero-order valence-corrected chi connectivity index (χ0v) is 9.11. The van der Waals surface area contributed by atoms with Crippen LogP contribution in [-0.2, 0) is 0 Å². The first-order valence-electron chi connectivity index (χ1n) is 5.45. The topological polar surface area (TPSA) is 16.1 Å². The predicted molar refractivity (Wildman–Crippen MR) is 61.4 cm³/mol. The first-order valence-corrected chi connectivity index (χ1v) is 5.45. The van der Waals surface area contributed by atoms with Crippen LogP contribution in [0.15, 0.2) is 24.5 Å². The fourth-order valence-corrected chi connectivity index (χ4v) is 1.94. The van der Waals surface area contributed by atoms with E-state index in [2.05, 4.69) is 28.8 Å². The Hall–Kier alpha value is -1.33. The minimum absolute atomic E-state index is 0.661. The molecule has 1 aliphatic rings. The molecular weight excluding hydrogens is 184 g/mol. The Morgan fingerprint density at radius 1 is 1.60 bits per heavy atom. The summed E-state index contributed by atoms with van der Waals surface area (Å²) in [4.78, 5) is 6.44. The Morgan fingerprint density at radius 3 is 3.20 bits per heavy atom. The highest BCUT2D eigenvalue weighted by molar-refractivity contribution is 5.31. The number of nitrogens with zero attached hydrogens (tertiary/aromatic N) is 2. The molecule has 1 saturated heterocycles. The van der Waals surface area contributed by atoms with Gasteiger partial charge in [0.05, 0.1) is 0 Å². The van der Waals surface area contributed by atoms with Gasteiger partial charge in [0.25, 0.3) is 0 Å². The van der Waals surface area contributed by atoms with E-state index in [1.165, 1.54) is 19.4 Å². The minimum Gasteiger partial charge on any atom is -0.302 e. The molecule has 0 amide bonds. The highest BCUT2D eigenvalue weighted by Gasteiger charge is 2.18. The minimum atomic E-state index is 0.661. The van der Waals surface area contributed by atoms with E-state index in [9.17, 15) is 0 Å². The highest BCUT2D eigenvalue weighted by Crippen LogP contribution is 2.16. The molecule has 2 heteroatoms. The average molecular weight is 200 g/mol. The number of aromatic nitrogens is 1. The van der Waals surface area contributed by atoms with Gasteiger partial charge in [-0.3, -0.25) is 4.98 Å². The van der Waals surface area contributed by atoms with Gasteiger partial charge in [0.2, 0.25) is 0 Å². The summed E-state index contributed by atoms with van der Waals surface area (Å²) >= 11 is 0. The molecule has 1 aliphatic heterocycles. The Kier molecular flexibility index (Phi) is 3.37. The van der Waals surface area contributed by atoms with E-state index in [1.54, 1.807) is 6.20 Å². The Balaban J connectivity index is 1.90. The van der Waals surface area contributed by atoms with E-state index in [0.717, 1.165) is 12.0 Å². The van der Waals surface area contributed by atoms with Crippen molar-refractivity contribution in [3.05, 3.63) is 30.1 Å². The van der Waals surface area contributed by atoms with Crippen molar-refractivity contribution in [2.45, 2.75) is 25.3 Å². The van der Waals surface area contributed by atoms with Crippen molar-refractivity contribution in [3.63, 3.8) is 0 Å². The van der Waals surface area contributed by atoms with E-state index in [4.69, 9.17) is 0 Å². The number of hydrogen-bond acceptors (Lipinski definition) is 2. The maximum absolute atomic E-state index is 4.04. The summed E-state index contributed by atoms with van der Waals surface area (Å²) in [6.45, 7) is 1.22. The quantitative estimate of drug-likeness (QED) is 0.644. The third kappa shape index (κ3) is 2.81. The Labute approximate surface area is 91.3 Å². The second-order valence-electron chi connectivity index (χ2n) is 4.02. The fourth-order valence-electron chi connectivity index (χ4n) is 1.94. The van der Waals surface area contributed by atoms with Crippen molar-refractivity contribution in [2.24, 2.45) is 0 Å². The standard InChI is InChI=1S/C13H16N2/c1-15-10-4-8-13(15)7-2-5-12-6-3-9-14-11-12/h3,6,9,11,13H,4,7-8,10H2,1H3. The maximum Gasteiger partial charge on any atom is 0.0428 e. The molecule has 0 aliphatic carbocycles. The lowest BCUT2D eigenvalue weighted by Gasteiger charge is -2.15. The van der Waals surface area contributed by atoms with Gasteiger partial charge < -0.3 is 4.90 Å². The van der Waals surface area contributed by atoms with Gasteiger partial charge >= 0.3 is 0 Å². The zero-order valence-electron chi connectivity index (χ0n) is 9.11. The van der Waals surface area contributed by atoms with Crippen LogP contribution < -0.4 is 0 Å². The first kappa shape index (κ1) is 10.2. The molecule has 1 fully saturated rings. The van der Waals surface area contributed by atoms with Crippen molar-refractivity contribution in [1.29, 1.82) is 0 Å². The van der Waals surface area contributed by atoms with E-state index in [1.807, 2.05) is 18.3 Å². The van der Waals surface area contributed by atoms with Gasteiger partial charge in [-0.15, -0.1) is 0 Å². The van der Waals surface area contributed by atoms with Gasteiger partial charge in [0.15, 0.2) is 0 Å². The van der Waals surface area contributed by atoms with E-state index >= 15 is 0 Å². The third-order valence-corrected chi connectivity index (χ3v) is 2.90. The van der Waals surface area contributed by atoms with Crippen LogP contribution in [0.4, 0.5) is 0 Å². The van der Waals surface area contributed by atoms with Crippen molar-refractivity contribution >= 4 is 0 Å². The molecule has 15 heavy (non-hydrogen) atoms. The summed E-state index contributed by atoms with van der Waals surface area (Å²) in [5.74, 6) is 6.40. The zero-order chi connectivity index (χ0) is 10.5. The summed E-state index contributed by atoms with van der Waals surface area (Å²) in [5.41, 5.74) is 1.01. The molecule has 78 valence electrons. The summed E-state index contributed by atoms with van der Waals surface area (Å²) in [6, 6.07) is 4.58. The van der Waals surface area contributed by atoms with Crippen LogP contribution in [0, 0.1) is 11.8 Å². The lowest BCUT2D eigenvalue weighted by atomic mass is 10.1. The maximum atomic E-state index is 4.04. The molecule has 0 aromatic carbocycles. The predicted octanol–water partition coefficient (Wildman–Crippen LogP) is 1.92. The molecule has 0 radical (unpaired) electrons. The van der Waals surface area contributed by atoms with Gasteiger partial charge in [0.1, 0.15) is 0 Å². The third-order valence-electron chi connectivity index (χ3n) is 2.90. The molecule has 2 heterocycles. The Morgan fingerprint density at radius 2 is 2.53 bits per heavy atom. The van der Waals surface area contributed by atoms with E-state index in [0.29, 0.717) is 6.04 Å². The number of likely N-dealkylation sites (tertiary alicyclic amines) is 1. The largest absolute Gasteiger partial charge is 0.302 e. The lowest BCUT2D eigenvalue weighted by Crippen LogP contribution is -2.23. The van der Waals surface area contributed by atoms with Crippen LogP contribution in [-0.4, -0.2) is 29.5 Å². The van der Waals surface area contributed by atoms with Crippen LogP contribution >= 0.6 is 0 Å². The van der Waals surface area contributed by atoms with E-state index < -0.39 is 0 Å². The van der Waals surface area contributed by atoms with Crippen molar-refractivity contribution < 1.29 is 0 Å². The van der Waals surface area contributed by atoms with Crippen LogP contribution in [0.1, 0.15) is 24.8 Å². The van der Waals surface area contributed by atoms with Crippen molar-refractivity contribution in [1.82, 2.24) is 9.88 Å². The molecule has 1 unspecified atom stereocenters. The van der Waals surface area contributed by atoms with Crippen LogP contribution in [0.2, 0.25) is 0 Å². The number of hydrogen-bond donors (Lipinski definition) is 0. The molecule has 0 bridgehead atoms. The van der Waals surface area contributed by atoms with Gasteiger partial charge in [-0.05, 0) is 38.6 Å². The van der Waals surface area contributed by atoms with Crippen LogP contribution in [0.3, 0.4) is 0 Å². The number of pyridine rings is 1. The second kappa shape index (κ2) is 4.95. The molecule has 0 spiro atoms. The summed E-state index contributed by atoms with van der Waals surface area (Å²) in [7, 11) is 2.18. The number of rotatable bonds is 1. The van der Waals surface area contributed by atoms with Gasteiger partial charge in [-0.1, -0.05) is 11.8 Å². The van der Waals surface area contributed by atoms with Gasteiger partial charge in [0, 0.05) is 30.4 Å². The van der Waals surface area contributed by atoms with Crippen LogP contribution in [0.25, 0.3) is 0 Å². The van der Waals surface area contributed by atoms with Gasteiger partial charge in [-0.25, -0.2) is 0 Å². The SMILES string of the molecule is CN1CCCC1CC#Cc1cccnc1. The summed E-state index contributed by atoms with van der Waals surface area (Å²) in [6.07, 6.45) is 7.17. The van der Waals surface area contributed by atoms with E-state index in [-0.39, 0.29) is 0 Å². The molecule has 0 saturated carbocycles. The highest BCUT2D eigenvalue weighted by atomic mass is 15.1. The van der Waals surface area contributed by atoms with Crippen molar-refractivity contribution in [2.75, 3.05) is 13.6 Å². The first-order chi connectivity index (χ1) is 7.36. The fraction of sp³-hybridized carbons (Fsp3) is 0.462. The average Bonchev–Trinajstić information content (AvgIpc) is 2.66. The molecular formula is C13H16N2. The second-order valence-corrected chi connectivity index (χ2v) is 4.02. The van der Waals surface area contributed by atoms with Crippen molar-refractivity contribution in [3.8, 4) is 11.8 Å². The lowest BCUT2D eigenvalue weighted by molar-refractivity contribution is 0.315. The molecule has 1 atom stereocenters. The molecule has 2 nitrogen and oxygen atoms in total. The smallest absolute Gasteiger partial charge is 0.0428 e. The summed E-state index contributed by atoms with van der Waals surface area (Å²) in [5, 5.41) is 0. The molecule has 1 aromatic rings. The molecule has 2 rings (SSSR count). The summed E-state index contributed by atoms with van der Waals surface area (Å²) < 4.78 is 0. The normalized spacial score (nSPS) is 21.0. The molecule has 1 aromatic heterocycles. The molecule has 0 N–H and O–H groups in total. The van der Waals surface area contributed by atoms with Gasteiger partial charge in [-0.2, -0.15) is 0 Å².